The van der Waals surface area contributed by atoms with Crippen LogP contribution in [-0.2, 0) is 9.53 Å². The first kappa shape index (κ1) is 13.1. The molecule has 0 saturated carbocycles. The Balaban J connectivity index is 1.92. The molecule has 0 aliphatic heterocycles. The van der Waals surface area contributed by atoms with E-state index in [9.17, 15) is 4.79 Å². The molecule has 1 atom stereocenters. The zero-order valence-electron chi connectivity index (χ0n) is 10.9. The number of ether oxygens (including phenoxy) is 1. The van der Waals surface area contributed by atoms with Gasteiger partial charge in [-0.25, -0.2) is 4.79 Å². The Morgan fingerprint density at radius 2 is 2.21 bits per heavy atom. The number of esters is 1. The number of carbonyl (C=O) groups excluding carboxylic acids is 1. The minimum absolute atomic E-state index is 0.271. The van der Waals surface area contributed by atoms with Gasteiger partial charge in [0.25, 0.3) is 5.89 Å². The molecule has 2 heterocycles. The van der Waals surface area contributed by atoms with Gasteiger partial charge in [-0.1, -0.05) is 5.16 Å². The molecule has 0 saturated heterocycles. The van der Waals surface area contributed by atoms with Gasteiger partial charge in [0.15, 0.2) is 11.9 Å². The fraction of sp³-hybridized carbons (Fsp3) is 0.308. The molecule has 0 fully saturated rings. The molecule has 0 aliphatic rings. The molecule has 6 heteroatoms. The van der Waals surface area contributed by atoms with Crippen molar-refractivity contribution in [3.63, 3.8) is 0 Å². The lowest BCUT2D eigenvalue weighted by Gasteiger charge is -2.05. The maximum absolute atomic E-state index is 11.6. The van der Waals surface area contributed by atoms with Crippen molar-refractivity contribution >= 4 is 12.0 Å². The highest BCUT2D eigenvalue weighted by Crippen LogP contribution is 2.15. The summed E-state index contributed by atoms with van der Waals surface area (Å²) in [5, 5.41) is 3.63. The van der Waals surface area contributed by atoms with E-state index in [1.54, 1.807) is 26.0 Å². The second kappa shape index (κ2) is 5.51. The monoisotopic (exact) mass is 262 g/mol. The third-order valence-electron chi connectivity index (χ3n) is 2.33. The van der Waals surface area contributed by atoms with Gasteiger partial charge in [-0.15, -0.1) is 0 Å². The van der Waals surface area contributed by atoms with E-state index in [2.05, 4.69) is 10.1 Å². The van der Waals surface area contributed by atoms with Gasteiger partial charge in [0, 0.05) is 6.08 Å². The zero-order chi connectivity index (χ0) is 13.8. The quantitative estimate of drug-likeness (QED) is 0.622. The summed E-state index contributed by atoms with van der Waals surface area (Å²) in [6.45, 7) is 5.19. The number of nitrogens with zero attached hydrogens (tertiary/aromatic N) is 2. The highest BCUT2D eigenvalue weighted by Gasteiger charge is 2.16. The van der Waals surface area contributed by atoms with Crippen molar-refractivity contribution in [1.82, 2.24) is 10.1 Å². The van der Waals surface area contributed by atoms with Crippen molar-refractivity contribution in [3.8, 4) is 0 Å². The smallest absolute Gasteiger partial charge is 0.331 e. The molecule has 0 aromatic carbocycles. The van der Waals surface area contributed by atoms with Crippen molar-refractivity contribution < 1.29 is 18.5 Å². The summed E-state index contributed by atoms with van der Waals surface area (Å²) in [7, 11) is 0. The number of hydrogen-bond acceptors (Lipinski definition) is 6. The first-order chi connectivity index (χ1) is 9.04. The summed E-state index contributed by atoms with van der Waals surface area (Å²) in [5.41, 5.74) is 0. The highest BCUT2D eigenvalue weighted by molar-refractivity contribution is 5.86. The van der Waals surface area contributed by atoms with E-state index in [1.165, 1.54) is 6.08 Å². The van der Waals surface area contributed by atoms with E-state index in [1.807, 2.05) is 13.0 Å². The van der Waals surface area contributed by atoms with E-state index in [-0.39, 0.29) is 5.89 Å². The second-order valence-electron chi connectivity index (χ2n) is 4.04. The largest absolute Gasteiger partial charge is 0.462 e. The van der Waals surface area contributed by atoms with Crippen molar-refractivity contribution in [1.29, 1.82) is 0 Å². The lowest BCUT2D eigenvalue weighted by Crippen LogP contribution is -2.06. The maximum atomic E-state index is 11.6. The number of hydrogen-bond donors (Lipinski definition) is 0. The fourth-order valence-electron chi connectivity index (χ4n) is 1.44. The van der Waals surface area contributed by atoms with E-state index in [4.69, 9.17) is 13.7 Å². The SMILES string of the molecule is Cc1noc(C(C)OC(=O)C=Cc2ccc(C)o2)n1. The van der Waals surface area contributed by atoms with Gasteiger partial charge in [0.1, 0.15) is 11.5 Å². The number of aromatic nitrogens is 2. The Morgan fingerprint density at radius 3 is 2.79 bits per heavy atom. The summed E-state index contributed by atoms with van der Waals surface area (Å²) in [6, 6.07) is 3.58. The Hall–Kier alpha value is -2.37. The number of carbonyl (C=O) groups is 1. The lowest BCUT2D eigenvalue weighted by atomic mass is 10.3. The fourth-order valence-corrected chi connectivity index (χ4v) is 1.44. The standard InChI is InChI=1S/C13H14N2O4/c1-8-4-5-11(17-8)6-7-12(16)18-9(2)13-14-10(3)15-19-13/h4-7,9H,1-3H3. The minimum atomic E-state index is -0.586. The molecule has 0 radical (unpaired) electrons. The summed E-state index contributed by atoms with van der Waals surface area (Å²) < 4.78 is 15.3. The maximum Gasteiger partial charge on any atom is 0.331 e. The van der Waals surface area contributed by atoms with Crippen molar-refractivity contribution in [3.05, 3.63) is 41.4 Å². The molecular formula is C13H14N2O4. The molecule has 2 rings (SSSR count). The van der Waals surface area contributed by atoms with E-state index in [0.29, 0.717) is 11.6 Å². The predicted octanol–water partition coefficient (Wildman–Crippen LogP) is 2.60. The number of aryl methyl sites for hydroxylation is 2. The molecule has 2 aromatic heterocycles. The van der Waals surface area contributed by atoms with E-state index in [0.717, 1.165) is 5.76 Å². The van der Waals surface area contributed by atoms with Gasteiger partial charge in [-0.05, 0) is 39.0 Å². The molecule has 0 aliphatic carbocycles. The van der Waals surface area contributed by atoms with Gasteiger partial charge in [0.05, 0.1) is 0 Å². The Labute approximate surface area is 110 Å². The molecule has 0 N–H and O–H groups in total. The molecular weight excluding hydrogens is 248 g/mol. The summed E-state index contributed by atoms with van der Waals surface area (Å²) in [5.74, 6) is 1.64. The molecule has 0 spiro atoms. The van der Waals surface area contributed by atoms with Crippen molar-refractivity contribution in [2.75, 3.05) is 0 Å². The van der Waals surface area contributed by atoms with Crippen LogP contribution in [-0.4, -0.2) is 16.1 Å². The van der Waals surface area contributed by atoms with Crippen LogP contribution in [0.15, 0.2) is 27.1 Å². The van der Waals surface area contributed by atoms with Crippen LogP contribution in [0.1, 0.15) is 36.3 Å². The average molecular weight is 262 g/mol. The molecule has 2 aromatic rings. The second-order valence-corrected chi connectivity index (χ2v) is 4.04. The lowest BCUT2D eigenvalue weighted by molar-refractivity contribution is -0.143. The third kappa shape index (κ3) is 3.54. The molecule has 0 bridgehead atoms. The van der Waals surface area contributed by atoms with Crippen LogP contribution < -0.4 is 0 Å². The van der Waals surface area contributed by atoms with Gasteiger partial charge >= 0.3 is 5.97 Å². The van der Waals surface area contributed by atoms with Crippen molar-refractivity contribution in [2.24, 2.45) is 0 Å². The van der Waals surface area contributed by atoms with Crippen LogP contribution in [0.4, 0.5) is 0 Å². The normalized spacial score (nSPS) is 12.8. The van der Waals surface area contributed by atoms with Gasteiger partial charge < -0.3 is 13.7 Å². The number of furan rings is 1. The van der Waals surface area contributed by atoms with Crippen LogP contribution in [0.5, 0.6) is 0 Å². The predicted molar refractivity (Wildman–Crippen MR) is 66.0 cm³/mol. The average Bonchev–Trinajstić information content (AvgIpc) is 2.95. The Kier molecular flexibility index (Phi) is 3.79. The summed E-state index contributed by atoms with van der Waals surface area (Å²) in [6.07, 6.45) is 2.25. The summed E-state index contributed by atoms with van der Waals surface area (Å²) >= 11 is 0. The van der Waals surface area contributed by atoms with Crippen LogP contribution in [0.25, 0.3) is 6.08 Å². The van der Waals surface area contributed by atoms with Gasteiger partial charge in [-0.3, -0.25) is 0 Å². The van der Waals surface area contributed by atoms with Gasteiger partial charge in [0.2, 0.25) is 0 Å². The van der Waals surface area contributed by atoms with Crippen LogP contribution in [0, 0.1) is 13.8 Å². The van der Waals surface area contributed by atoms with Gasteiger partial charge in [-0.2, -0.15) is 4.98 Å². The molecule has 100 valence electrons. The minimum Gasteiger partial charge on any atom is -0.462 e. The van der Waals surface area contributed by atoms with Crippen LogP contribution >= 0.6 is 0 Å². The topological polar surface area (TPSA) is 78.4 Å². The first-order valence-electron chi connectivity index (χ1n) is 5.80. The van der Waals surface area contributed by atoms with E-state index < -0.39 is 12.1 Å². The van der Waals surface area contributed by atoms with Crippen molar-refractivity contribution in [2.45, 2.75) is 26.9 Å². The third-order valence-corrected chi connectivity index (χ3v) is 2.33. The molecule has 19 heavy (non-hydrogen) atoms. The zero-order valence-corrected chi connectivity index (χ0v) is 10.9. The van der Waals surface area contributed by atoms with E-state index >= 15 is 0 Å². The highest BCUT2D eigenvalue weighted by atomic mass is 16.6. The van der Waals surface area contributed by atoms with Crippen LogP contribution in [0.3, 0.4) is 0 Å². The Morgan fingerprint density at radius 1 is 1.42 bits per heavy atom. The first-order valence-corrected chi connectivity index (χ1v) is 5.80. The molecule has 0 amide bonds. The Bertz CT molecular complexity index is 597. The van der Waals surface area contributed by atoms with Crippen LogP contribution in [0.2, 0.25) is 0 Å². The molecule has 1 unspecified atom stereocenters. The summed E-state index contributed by atoms with van der Waals surface area (Å²) in [4.78, 5) is 15.6. The molecule has 6 nitrogen and oxygen atoms in total. The number of rotatable bonds is 4.